The Morgan fingerprint density at radius 1 is 1.07 bits per heavy atom. The molecule has 1 amide bonds. The van der Waals surface area contributed by atoms with Gasteiger partial charge in [-0.1, -0.05) is 42.5 Å². The van der Waals surface area contributed by atoms with Crippen molar-refractivity contribution in [2.45, 2.75) is 19.9 Å². The van der Waals surface area contributed by atoms with Crippen molar-refractivity contribution in [2.24, 2.45) is 0 Å². The number of aromatic amines is 1. The van der Waals surface area contributed by atoms with Crippen molar-refractivity contribution in [2.75, 3.05) is 6.61 Å². The average molecular weight is 365 g/mol. The van der Waals surface area contributed by atoms with Crippen molar-refractivity contribution >= 4 is 22.6 Å². The standard InChI is InChI=1S/C20H19N3O4/c1-13-6-2-3-7-14(13)11-21-18(24)12-27-19(25)10-17-15-8-4-5-9-16(15)20(26)23-22-17/h2-9H,10-12H2,1H3,(H,21,24)(H,23,26). The summed E-state index contributed by atoms with van der Waals surface area (Å²) in [6, 6.07) is 14.6. The van der Waals surface area contributed by atoms with Gasteiger partial charge in [0.1, 0.15) is 0 Å². The molecular formula is C20H19N3O4. The number of benzene rings is 2. The number of nitrogens with one attached hydrogen (secondary N) is 2. The van der Waals surface area contributed by atoms with Gasteiger partial charge in [-0.05, 0) is 24.1 Å². The number of ether oxygens (including phenoxy) is 1. The molecule has 3 rings (SSSR count). The van der Waals surface area contributed by atoms with Crippen LogP contribution in [0.4, 0.5) is 0 Å². The average Bonchev–Trinajstić information content (AvgIpc) is 2.68. The Morgan fingerprint density at radius 2 is 1.78 bits per heavy atom. The maximum Gasteiger partial charge on any atom is 0.312 e. The van der Waals surface area contributed by atoms with Crippen molar-refractivity contribution < 1.29 is 14.3 Å². The minimum absolute atomic E-state index is 0.137. The molecule has 27 heavy (non-hydrogen) atoms. The van der Waals surface area contributed by atoms with Gasteiger partial charge < -0.3 is 10.1 Å². The fourth-order valence-electron chi connectivity index (χ4n) is 2.69. The SMILES string of the molecule is Cc1ccccc1CNC(=O)COC(=O)Cc1n[nH]c(=O)c2ccccc12. The second kappa shape index (κ2) is 8.27. The summed E-state index contributed by atoms with van der Waals surface area (Å²) in [6.07, 6.45) is -0.137. The number of amides is 1. The van der Waals surface area contributed by atoms with Crippen molar-refractivity contribution in [3.8, 4) is 0 Å². The van der Waals surface area contributed by atoms with E-state index in [0.717, 1.165) is 11.1 Å². The summed E-state index contributed by atoms with van der Waals surface area (Å²) in [6.45, 7) is 1.96. The topological polar surface area (TPSA) is 101 Å². The highest BCUT2D eigenvalue weighted by atomic mass is 16.5. The van der Waals surface area contributed by atoms with Crippen LogP contribution in [0.25, 0.3) is 10.8 Å². The number of hydrogen-bond acceptors (Lipinski definition) is 5. The molecule has 138 valence electrons. The molecule has 1 aromatic heterocycles. The van der Waals surface area contributed by atoms with E-state index in [1.807, 2.05) is 31.2 Å². The van der Waals surface area contributed by atoms with Crippen LogP contribution in [0.3, 0.4) is 0 Å². The van der Waals surface area contributed by atoms with Crippen molar-refractivity contribution in [1.29, 1.82) is 0 Å². The normalized spacial score (nSPS) is 10.6. The van der Waals surface area contributed by atoms with Crippen LogP contribution in [0.2, 0.25) is 0 Å². The maximum atomic E-state index is 12.0. The molecule has 0 aliphatic carbocycles. The number of aromatic nitrogens is 2. The maximum absolute atomic E-state index is 12.0. The van der Waals surface area contributed by atoms with Crippen LogP contribution >= 0.6 is 0 Å². The van der Waals surface area contributed by atoms with Gasteiger partial charge >= 0.3 is 5.97 Å². The molecular weight excluding hydrogens is 346 g/mol. The molecule has 0 aliphatic rings. The first-order chi connectivity index (χ1) is 13.0. The zero-order chi connectivity index (χ0) is 19.2. The monoisotopic (exact) mass is 365 g/mol. The zero-order valence-corrected chi connectivity index (χ0v) is 14.8. The van der Waals surface area contributed by atoms with Gasteiger partial charge in [0.15, 0.2) is 6.61 Å². The van der Waals surface area contributed by atoms with E-state index in [1.54, 1.807) is 24.3 Å². The van der Waals surface area contributed by atoms with Crippen LogP contribution in [0, 0.1) is 6.92 Å². The summed E-state index contributed by atoms with van der Waals surface area (Å²) in [4.78, 5) is 35.7. The molecule has 7 nitrogen and oxygen atoms in total. The lowest BCUT2D eigenvalue weighted by Crippen LogP contribution is -2.29. The Labute approximate surface area is 155 Å². The van der Waals surface area contributed by atoms with Crippen LogP contribution in [0.1, 0.15) is 16.8 Å². The van der Waals surface area contributed by atoms with Gasteiger partial charge in [0.05, 0.1) is 17.5 Å². The van der Waals surface area contributed by atoms with Gasteiger partial charge in [-0.3, -0.25) is 14.4 Å². The number of H-pyrrole nitrogens is 1. The van der Waals surface area contributed by atoms with Gasteiger partial charge in [-0.15, -0.1) is 0 Å². The van der Waals surface area contributed by atoms with Gasteiger partial charge in [0, 0.05) is 11.9 Å². The van der Waals surface area contributed by atoms with E-state index in [-0.39, 0.29) is 24.5 Å². The van der Waals surface area contributed by atoms with Gasteiger partial charge in [0.25, 0.3) is 11.5 Å². The molecule has 0 spiro atoms. The van der Waals surface area contributed by atoms with Gasteiger partial charge in [-0.2, -0.15) is 5.10 Å². The molecule has 0 radical (unpaired) electrons. The third-order valence-corrected chi connectivity index (χ3v) is 4.19. The molecule has 3 aromatic rings. The minimum atomic E-state index is -0.592. The van der Waals surface area contributed by atoms with Crippen molar-refractivity contribution in [1.82, 2.24) is 15.5 Å². The molecule has 0 aliphatic heterocycles. The lowest BCUT2D eigenvalue weighted by molar-refractivity contribution is -0.147. The predicted molar refractivity (Wildman–Crippen MR) is 100 cm³/mol. The van der Waals surface area contributed by atoms with E-state index in [9.17, 15) is 14.4 Å². The third kappa shape index (κ3) is 4.58. The Bertz CT molecular complexity index is 1040. The molecule has 2 aromatic carbocycles. The molecule has 0 bridgehead atoms. The number of esters is 1. The van der Waals surface area contributed by atoms with Crippen molar-refractivity contribution in [3.05, 3.63) is 75.7 Å². The molecule has 0 saturated carbocycles. The summed E-state index contributed by atoms with van der Waals surface area (Å²) in [5.41, 5.74) is 2.15. The molecule has 0 saturated heterocycles. The number of carbonyl (C=O) groups excluding carboxylic acids is 2. The fraction of sp³-hybridized carbons (Fsp3) is 0.200. The van der Waals surface area contributed by atoms with E-state index in [0.29, 0.717) is 23.0 Å². The van der Waals surface area contributed by atoms with Crippen molar-refractivity contribution in [3.63, 3.8) is 0 Å². The molecule has 2 N–H and O–H groups in total. The van der Waals surface area contributed by atoms with Crippen LogP contribution in [0.15, 0.2) is 53.3 Å². The predicted octanol–water partition coefficient (Wildman–Crippen LogP) is 1.63. The second-order valence-corrected chi connectivity index (χ2v) is 6.09. The van der Waals surface area contributed by atoms with E-state index < -0.39 is 5.97 Å². The lowest BCUT2D eigenvalue weighted by Gasteiger charge is -2.09. The second-order valence-electron chi connectivity index (χ2n) is 6.09. The first kappa shape index (κ1) is 18.3. The molecule has 0 fully saturated rings. The largest absolute Gasteiger partial charge is 0.455 e. The summed E-state index contributed by atoms with van der Waals surface area (Å²) in [5.74, 6) is -0.975. The van der Waals surface area contributed by atoms with Crippen LogP contribution in [0.5, 0.6) is 0 Å². The molecule has 0 atom stereocenters. The molecule has 1 heterocycles. The number of fused-ring (bicyclic) bond motifs is 1. The van der Waals surface area contributed by atoms with E-state index in [2.05, 4.69) is 15.5 Å². The Morgan fingerprint density at radius 3 is 2.56 bits per heavy atom. The highest BCUT2D eigenvalue weighted by Crippen LogP contribution is 2.13. The van der Waals surface area contributed by atoms with Crippen LogP contribution in [-0.2, 0) is 27.3 Å². The van der Waals surface area contributed by atoms with Crippen LogP contribution in [-0.4, -0.2) is 28.7 Å². The van der Waals surface area contributed by atoms with E-state index in [4.69, 9.17) is 4.74 Å². The summed E-state index contributed by atoms with van der Waals surface area (Å²) >= 11 is 0. The van der Waals surface area contributed by atoms with Crippen LogP contribution < -0.4 is 10.9 Å². The number of aryl methyl sites for hydroxylation is 1. The summed E-state index contributed by atoms with van der Waals surface area (Å²) in [7, 11) is 0. The number of rotatable bonds is 6. The van der Waals surface area contributed by atoms with E-state index in [1.165, 1.54) is 0 Å². The summed E-state index contributed by atoms with van der Waals surface area (Å²) in [5, 5.41) is 10.0. The Balaban J connectivity index is 1.54. The third-order valence-electron chi connectivity index (χ3n) is 4.19. The Hall–Kier alpha value is -3.48. The molecule has 0 unspecified atom stereocenters. The fourth-order valence-corrected chi connectivity index (χ4v) is 2.69. The number of nitrogens with zero attached hydrogens (tertiary/aromatic N) is 1. The zero-order valence-electron chi connectivity index (χ0n) is 14.8. The highest BCUT2D eigenvalue weighted by molar-refractivity contribution is 5.87. The van der Waals surface area contributed by atoms with E-state index >= 15 is 0 Å². The lowest BCUT2D eigenvalue weighted by atomic mass is 10.1. The van der Waals surface area contributed by atoms with Gasteiger partial charge in [-0.25, -0.2) is 5.10 Å². The molecule has 7 heteroatoms. The smallest absolute Gasteiger partial charge is 0.312 e. The minimum Gasteiger partial charge on any atom is -0.455 e. The number of carbonyl (C=O) groups is 2. The summed E-state index contributed by atoms with van der Waals surface area (Å²) < 4.78 is 5.02. The highest BCUT2D eigenvalue weighted by Gasteiger charge is 2.13. The first-order valence-electron chi connectivity index (χ1n) is 8.47. The quantitative estimate of drug-likeness (QED) is 0.647. The number of hydrogen-bond donors (Lipinski definition) is 2. The van der Waals surface area contributed by atoms with Gasteiger partial charge in [0.2, 0.25) is 0 Å². The Kier molecular flexibility index (Phi) is 5.61. The first-order valence-corrected chi connectivity index (χ1v) is 8.47.